The summed E-state index contributed by atoms with van der Waals surface area (Å²) in [6.45, 7) is 6.15. The molecule has 1 aliphatic carbocycles. The molecule has 2 heterocycles. The summed E-state index contributed by atoms with van der Waals surface area (Å²) in [5.41, 5.74) is 0. The Kier molecular flexibility index (Phi) is 3.61. The van der Waals surface area contributed by atoms with E-state index in [2.05, 4.69) is 20.4 Å². The average molecular weight is 250 g/mol. The van der Waals surface area contributed by atoms with Gasteiger partial charge in [0.1, 0.15) is 0 Å². The van der Waals surface area contributed by atoms with Gasteiger partial charge in [-0.2, -0.15) is 4.98 Å². The SMILES string of the molecule is Cc1noc(CN2CCC(NCC3CC3)CC2)n1. The molecule has 100 valence electrons. The molecule has 0 spiro atoms. The normalized spacial score (nSPS) is 22.5. The molecular weight excluding hydrogens is 228 g/mol. The molecule has 2 fully saturated rings. The number of nitrogens with one attached hydrogen (secondary N) is 1. The molecule has 0 unspecified atom stereocenters. The molecule has 3 rings (SSSR count). The summed E-state index contributed by atoms with van der Waals surface area (Å²) in [6, 6.07) is 0.714. The molecule has 0 atom stereocenters. The maximum Gasteiger partial charge on any atom is 0.240 e. The van der Waals surface area contributed by atoms with Gasteiger partial charge in [0.25, 0.3) is 0 Å². The number of piperidine rings is 1. The van der Waals surface area contributed by atoms with Gasteiger partial charge in [0.15, 0.2) is 5.82 Å². The molecular formula is C13H22N4O. The van der Waals surface area contributed by atoms with Crippen LogP contribution in [0.25, 0.3) is 0 Å². The van der Waals surface area contributed by atoms with Gasteiger partial charge in [0.2, 0.25) is 5.89 Å². The zero-order valence-electron chi connectivity index (χ0n) is 11.1. The van der Waals surface area contributed by atoms with E-state index in [-0.39, 0.29) is 0 Å². The van der Waals surface area contributed by atoms with E-state index in [1.807, 2.05) is 6.92 Å². The van der Waals surface area contributed by atoms with Crippen molar-refractivity contribution in [2.75, 3.05) is 19.6 Å². The summed E-state index contributed by atoms with van der Waals surface area (Å²) >= 11 is 0. The summed E-state index contributed by atoms with van der Waals surface area (Å²) in [6.07, 6.45) is 5.34. The topological polar surface area (TPSA) is 54.2 Å². The Bertz CT molecular complexity index is 380. The van der Waals surface area contributed by atoms with E-state index >= 15 is 0 Å². The highest BCUT2D eigenvalue weighted by Crippen LogP contribution is 2.28. The lowest BCUT2D eigenvalue weighted by molar-refractivity contribution is 0.170. The first kappa shape index (κ1) is 12.1. The van der Waals surface area contributed by atoms with Crippen LogP contribution in [0.3, 0.4) is 0 Å². The Balaban J connectivity index is 1.39. The Hall–Kier alpha value is -0.940. The average Bonchev–Trinajstić information content (AvgIpc) is 3.12. The quantitative estimate of drug-likeness (QED) is 0.854. The lowest BCUT2D eigenvalue weighted by Crippen LogP contribution is -2.42. The third-order valence-electron chi connectivity index (χ3n) is 3.91. The minimum Gasteiger partial charge on any atom is -0.338 e. The van der Waals surface area contributed by atoms with Crippen LogP contribution in [0, 0.1) is 12.8 Å². The lowest BCUT2D eigenvalue weighted by Gasteiger charge is -2.31. The minimum absolute atomic E-state index is 0.714. The van der Waals surface area contributed by atoms with E-state index in [0.717, 1.165) is 37.3 Å². The van der Waals surface area contributed by atoms with Gasteiger partial charge in [-0.05, 0) is 45.1 Å². The van der Waals surface area contributed by atoms with E-state index in [1.54, 1.807) is 0 Å². The van der Waals surface area contributed by atoms with Gasteiger partial charge in [-0.25, -0.2) is 0 Å². The van der Waals surface area contributed by atoms with E-state index in [9.17, 15) is 0 Å². The molecule has 1 aromatic rings. The van der Waals surface area contributed by atoms with Crippen molar-refractivity contribution in [1.82, 2.24) is 20.4 Å². The molecule has 1 saturated heterocycles. The number of rotatable bonds is 5. The van der Waals surface area contributed by atoms with E-state index in [4.69, 9.17) is 4.52 Å². The van der Waals surface area contributed by atoms with E-state index in [0.29, 0.717) is 6.04 Å². The Morgan fingerprint density at radius 1 is 1.28 bits per heavy atom. The van der Waals surface area contributed by atoms with Crippen LogP contribution in [0.15, 0.2) is 4.52 Å². The largest absolute Gasteiger partial charge is 0.338 e. The Morgan fingerprint density at radius 3 is 2.67 bits per heavy atom. The van der Waals surface area contributed by atoms with Gasteiger partial charge in [-0.15, -0.1) is 0 Å². The molecule has 1 saturated carbocycles. The van der Waals surface area contributed by atoms with Crippen LogP contribution >= 0.6 is 0 Å². The number of hydrogen-bond acceptors (Lipinski definition) is 5. The van der Waals surface area contributed by atoms with Crippen molar-refractivity contribution < 1.29 is 4.52 Å². The molecule has 0 bridgehead atoms. The molecule has 0 radical (unpaired) electrons. The van der Waals surface area contributed by atoms with Gasteiger partial charge in [0.05, 0.1) is 6.54 Å². The van der Waals surface area contributed by atoms with Gasteiger partial charge in [0, 0.05) is 19.1 Å². The highest BCUT2D eigenvalue weighted by Gasteiger charge is 2.24. The highest BCUT2D eigenvalue weighted by atomic mass is 16.5. The maximum absolute atomic E-state index is 5.16. The lowest BCUT2D eigenvalue weighted by atomic mass is 10.0. The number of aromatic nitrogens is 2. The minimum atomic E-state index is 0.714. The Labute approximate surface area is 108 Å². The predicted molar refractivity (Wildman–Crippen MR) is 68.1 cm³/mol. The van der Waals surface area contributed by atoms with Gasteiger partial charge in [-0.1, -0.05) is 5.16 Å². The van der Waals surface area contributed by atoms with Crippen LogP contribution in [0.1, 0.15) is 37.4 Å². The van der Waals surface area contributed by atoms with Crippen molar-refractivity contribution in [3.05, 3.63) is 11.7 Å². The second kappa shape index (κ2) is 5.36. The first-order valence-electron chi connectivity index (χ1n) is 7.04. The predicted octanol–water partition coefficient (Wildman–Crippen LogP) is 1.34. The fraction of sp³-hybridized carbons (Fsp3) is 0.846. The second-order valence-electron chi connectivity index (χ2n) is 5.64. The van der Waals surface area contributed by atoms with Gasteiger partial charge in [-0.3, -0.25) is 4.90 Å². The number of hydrogen-bond donors (Lipinski definition) is 1. The zero-order chi connectivity index (χ0) is 12.4. The fourth-order valence-corrected chi connectivity index (χ4v) is 2.55. The third-order valence-corrected chi connectivity index (χ3v) is 3.91. The summed E-state index contributed by atoms with van der Waals surface area (Å²) in [4.78, 5) is 6.66. The second-order valence-corrected chi connectivity index (χ2v) is 5.64. The molecule has 2 aliphatic rings. The summed E-state index contributed by atoms with van der Waals surface area (Å²) < 4.78 is 5.16. The molecule has 5 heteroatoms. The van der Waals surface area contributed by atoms with Crippen molar-refractivity contribution >= 4 is 0 Å². The van der Waals surface area contributed by atoms with Crippen LogP contribution in [-0.2, 0) is 6.54 Å². The molecule has 0 amide bonds. The van der Waals surface area contributed by atoms with Crippen molar-refractivity contribution in [1.29, 1.82) is 0 Å². The maximum atomic E-state index is 5.16. The number of nitrogens with zero attached hydrogens (tertiary/aromatic N) is 3. The van der Waals surface area contributed by atoms with Crippen LogP contribution in [0.4, 0.5) is 0 Å². The molecule has 5 nitrogen and oxygen atoms in total. The standard InChI is InChI=1S/C13H22N4O/c1-10-15-13(18-16-10)9-17-6-4-12(5-7-17)14-8-11-2-3-11/h11-12,14H,2-9H2,1H3. The highest BCUT2D eigenvalue weighted by molar-refractivity contribution is 4.86. The fourth-order valence-electron chi connectivity index (χ4n) is 2.55. The molecule has 1 N–H and O–H groups in total. The molecule has 1 aliphatic heterocycles. The van der Waals surface area contributed by atoms with E-state index < -0.39 is 0 Å². The van der Waals surface area contributed by atoms with Crippen molar-refractivity contribution in [3.63, 3.8) is 0 Å². The van der Waals surface area contributed by atoms with Crippen LogP contribution in [0.5, 0.6) is 0 Å². The number of aryl methyl sites for hydroxylation is 1. The first-order chi connectivity index (χ1) is 8.79. The van der Waals surface area contributed by atoms with Crippen molar-refractivity contribution in [3.8, 4) is 0 Å². The van der Waals surface area contributed by atoms with Crippen LogP contribution in [0.2, 0.25) is 0 Å². The zero-order valence-corrected chi connectivity index (χ0v) is 11.1. The molecule has 0 aromatic carbocycles. The Morgan fingerprint density at radius 2 is 2.06 bits per heavy atom. The van der Waals surface area contributed by atoms with Crippen molar-refractivity contribution in [2.24, 2.45) is 5.92 Å². The van der Waals surface area contributed by atoms with Crippen molar-refractivity contribution in [2.45, 2.75) is 45.2 Å². The summed E-state index contributed by atoms with van der Waals surface area (Å²) in [5.74, 6) is 2.45. The molecule has 1 aromatic heterocycles. The van der Waals surface area contributed by atoms with Crippen LogP contribution < -0.4 is 5.32 Å². The van der Waals surface area contributed by atoms with Gasteiger partial charge >= 0.3 is 0 Å². The summed E-state index contributed by atoms with van der Waals surface area (Å²) in [5, 5.41) is 7.52. The third kappa shape index (κ3) is 3.29. The monoisotopic (exact) mass is 250 g/mol. The summed E-state index contributed by atoms with van der Waals surface area (Å²) in [7, 11) is 0. The van der Waals surface area contributed by atoms with Crippen LogP contribution in [-0.4, -0.2) is 40.7 Å². The first-order valence-corrected chi connectivity index (χ1v) is 7.04. The van der Waals surface area contributed by atoms with Gasteiger partial charge < -0.3 is 9.84 Å². The van der Waals surface area contributed by atoms with E-state index in [1.165, 1.54) is 32.2 Å². The molecule has 18 heavy (non-hydrogen) atoms. The smallest absolute Gasteiger partial charge is 0.240 e. The number of likely N-dealkylation sites (tertiary alicyclic amines) is 1.